The molecule has 3 rings (SSSR count). The lowest BCUT2D eigenvalue weighted by molar-refractivity contribution is 0.728. The number of aliphatic imine (C=N–C) groups is 1. The average Bonchev–Trinajstić information content (AvgIpc) is 3.16. The number of nitrogens with zero attached hydrogens (tertiary/aromatic N) is 4. The number of aryl methyl sites for hydroxylation is 3. The van der Waals surface area contributed by atoms with E-state index in [0.717, 1.165) is 27.9 Å². The van der Waals surface area contributed by atoms with E-state index in [9.17, 15) is 0 Å². The van der Waals surface area contributed by atoms with Gasteiger partial charge in [0.25, 0.3) is 0 Å². The Labute approximate surface area is 187 Å². The molecule has 1 aromatic carbocycles. The highest BCUT2D eigenvalue weighted by Crippen LogP contribution is 2.27. The molecule has 2 heterocycles. The molecule has 0 atom stereocenters. The van der Waals surface area contributed by atoms with Gasteiger partial charge in [-0.15, -0.1) is 35.3 Å². The predicted molar refractivity (Wildman–Crippen MR) is 127 cm³/mol. The number of rotatable bonds is 5. The zero-order valence-electron chi connectivity index (χ0n) is 16.9. The van der Waals surface area contributed by atoms with Crippen LogP contribution in [0.15, 0.2) is 35.3 Å². The fraction of sp³-hybridized carbons (Fsp3) is 0.350. The molecule has 0 aliphatic heterocycles. The minimum absolute atomic E-state index is 0. The fourth-order valence-electron chi connectivity index (χ4n) is 2.93. The smallest absolute Gasteiger partial charge is 0.191 e. The van der Waals surface area contributed by atoms with Crippen molar-refractivity contribution in [3.63, 3.8) is 0 Å². The van der Waals surface area contributed by atoms with Crippen LogP contribution in [-0.4, -0.2) is 27.8 Å². The second kappa shape index (κ2) is 10.0. The Kier molecular flexibility index (Phi) is 7.99. The normalized spacial score (nSPS) is 11.2. The molecule has 0 saturated heterocycles. The summed E-state index contributed by atoms with van der Waals surface area (Å²) < 4.78 is 1.91. The summed E-state index contributed by atoms with van der Waals surface area (Å²) in [5.41, 5.74) is 5.63. The molecule has 0 radical (unpaired) electrons. The molecule has 0 amide bonds. The Morgan fingerprint density at radius 1 is 1.07 bits per heavy atom. The molecule has 0 spiro atoms. The van der Waals surface area contributed by atoms with Crippen LogP contribution in [0.3, 0.4) is 0 Å². The third-order valence-corrected chi connectivity index (χ3v) is 5.85. The van der Waals surface area contributed by atoms with Gasteiger partial charge in [0.1, 0.15) is 5.01 Å². The highest BCUT2D eigenvalue weighted by molar-refractivity contribution is 14.0. The van der Waals surface area contributed by atoms with E-state index in [4.69, 9.17) is 4.98 Å². The Bertz CT molecular complexity index is 945. The Hall–Kier alpha value is -1.94. The maximum Gasteiger partial charge on any atom is 0.191 e. The minimum Gasteiger partial charge on any atom is -0.352 e. The molecule has 0 fully saturated rings. The molecule has 3 aromatic rings. The molecule has 2 N–H and O–H groups in total. The van der Waals surface area contributed by atoms with Gasteiger partial charge >= 0.3 is 0 Å². The summed E-state index contributed by atoms with van der Waals surface area (Å²) in [6.45, 7) is 7.56. The predicted octanol–water partition coefficient (Wildman–Crippen LogP) is 3.95. The van der Waals surface area contributed by atoms with Crippen LogP contribution >= 0.6 is 35.3 Å². The van der Waals surface area contributed by atoms with E-state index < -0.39 is 0 Å². The first kappa shape index (κ1) is 22.4. The van der Waals surface area contributed by atoms with Gasteiger partial charge in [0.15, 0.2) is 5.96 Å². The van der Waals surface area contributed by atoms with Crippen molar-refractivity contribution in [1.82, 2.24) is 25.4 Å². The quantitative estimate of drug-likeness (QED) is 0.310. The molecule has 0 unspecified atom stereocenters. The Balaban J connectivity index is 0.00000280. The van der Waals surface area contributed by atoms with Crippen molar-refractivity contribution in [2.24, 2.45) is 12.0 Å². The number of guanidine groups is 1. The summed E-state index contributed by atoms with van der Waals surface area (Å²) in [7, 11) is 3.75. The number of hydrogen-bond acceptors (Lipinski definition) is 4. The lowest BCUT2D eigenvalue weighted by Gasteiger charge is -2.11. The molecule has 0 saturated carbocycles. The second-order valence-electron chi connectivity index (χ2n) is 6.45. The van der Waals surface area contributed by atoms with Crippen molar-refractivity contribution in [3.8, 4) is 10.6 Å². The number of thiazole rings is 1. The zero-order chi connectivity index (χ0) is 19.4. The Morgan fingerprint density at radius 2 is 1.75 bits per heavy atom. The summed E-state index contributed by atoms with van der Waals surface area (Å²) in [5.74, 6) is 0.770. The van der Waals surface area contributed by atoms with Crippen LogP contribution in [0.5, 0.6) is 0 Å². The zero-order valence-corrected chi connectivity index (χ0v) is 20.1. The number of halogens is 1. The van der Waals surface area contributed by atoms with E-state index in [0.29, 0.717) is 13.1 Å². The molecule has 0 aliphatic carbocycles. The van der Waals surface area contributed by atoms with Gasteiger partial charge in [-0.25, -0.2) is 4.98 Å². The molecule has 0 aliphatic rings. The summed E-state index contributed by atoms with van der Waals surface area (Å²) in [6.07, 6.45) is 0. The lowest BCUT2D eigenvalue weighted by Crippen LogP contribution is -2.36. The first-order valence-corrected chi connectivity index (χ1v) is 9.76. The van der Waals surface area contributed by atoms with E-state index in [1.54, 1.807) is 18.4 Å². The van der Waals surface area contributed by atoms with Crippen molar-refractivity contribution in [3.05, 3.63) is 57.9 Å². The number of aromatic nitrogens is 3. The molecule has 2 aromatic heterocycles. The van der Waals surface area contributed by atoms with E-state index in [1.807, 2.05) is 36.9 Å². The van der Waals surface area contributed by atoms with E-state index >= 15 is 0 Å². The van der Waals surface area contributed by atoms with Crippen molar-refractivity contribution < 1.29 is 0 Å². The van der Waals surface area contributed by atoms with Crippen LogP contribution in [0.2, 0.25) is 0 Å². The van der Waals surface area contributed by atoms with Crippen LogP contribution < -0.4 is 10.6 Å². The summed E-state index contributed by atoms with van der Waals surface area (Å²) in [5, 5.41) is 12.3. The van der Waals surface area contributed by atoms with Gasteiger partial charge in [0.2, 0.25) is 0 Å². The summed E-state index contributed by atoms with van der Waals surface area (Å²) in [4.78, 5) is 10.3. The van der Waals surface area contributed by atoms with Crippen molar-refractivity contribution in [2.45, 2.75) is 33.9 Å². The molecule has 8 heteroatoms. The van der Waals surface area contributed by atoms with Crippen LogP contribution in [0.4, 0.5) is 0 Å². The maximum atomic E-state index is 4.71. The van der Waals surface area contributed by atoms with Crippen molar-refractivity contribution >= 4 is 41.3 Å². The van der Waals surface area contributed by atoms with Crippen LogP contribution in [0.1, 0.15) is 27.5 Å². The minimum atomic E-state index is 0. The van der Waals surface area contributed by atoms with Crippen molar-refractivity contribution in [2.75, 3.05) is 7.05 Å². The van der Waals surface area contributed by atoms with E-state index in [-0.39, 0.29) is 24.0 Å². The third-order valence-electron chi connectivity index (χ3n) is 4.64. The largest absolute Gasteiger partial charge is 0.352 e. The van der Waals surface area contributed by atoms with Gasteiger partial charge < -0.3 is 10.6 Å². The van der Waals surface area contributed by atoms with Gasteiger partial charge in [0.05, 0.1) is 17.9 Å². The second-order valence-corrected chi connectivity index (χ2v) is 7.53. The monoisotopic (exact) mass is 510 g/mol. The standard InChI is InChI=1S/C20H26N6S.HI/c1-13-17(15(3)26(5)25-13)11-22-20(21-4)23-12-18-14(2)24-19(27-18)16-9-7-6-8-10-16;/h6-10H,11-12H2,1-5H3,(H2,21,22,23);1H. The van der Waals surface area contributed by atoms with Gasteiger partial charge in [0, 0.05) is 42.3 Å². The Morgan fingerprint density at radius 3 is 2.36 bits per heavy atom. The first-order chi connectivity index (χ1) is 13.0. The van der Waals surface area contributed by atoms with Gasteiger partial charge in [-0.1, -0.05) is 30.3 Å². The molecule has 0 bridgehead atoms. The topological polar surface area (TPSA) is 67.1 Å². The number of hydrogen-bond donors (Lipinski definition) is 2. The van der Waals surface area contributed by atoms with Crippen LogP contribution in [-0.2, 0) is 20.1 Å². The van der Waals surface area contributed by atoms with E-state index in [2.05, 4.69) is 46.7 Å². The fourth-order valence-corrected chi connectivity index (χ4v) is 3.93. The maximum absolute atomic E-state index is 4.71. The van der Waals surface area contributed by atoms with Crippen LogP contribution in [0, 0.1) is 20.8 Å². The lowest BCUT2D eigenvalue weighted by atomic mass is 10.2. The molecular formula is C20H27IN6S. The average molecular weight is 510 g/mol. The number of nitrogens with one attached hydrogen (secondary N) is 2. The van der Waals surface area contributed by atoms with E-state index in [1.165, 1.54) is 16.1 Å². The first-order valence-electron chi connectivity index (χ1n) is 8.95. The van der Waals surface area contributed by atoms with Gasteiger partial charge in [-0.05, 0) is 20.8 Å². The molecule has 28 heavy (non-hydrogen) atoms. The highest BCUT2D eigenvalue weighted by atomic mass is 127. The third kappa shape index (κ3) is 5.11. The molecular weight excluding hydrogens is 483 g/mol. The molecule has 6 nitrogen and oxygen atoms in total. The van der Waals surface area contributed by atoms with Crippen LogP contribution in [0.25, 0.3) is 10.6 Å². The number of benzene rings is 1. The molecule has 150 valence electrons. The summed E-state index contributed by atoms with van der Waals surface area (Å²) in [6, 6.07) is 10.3. The van der Waals surface area contributed by atoms with Crippen molar-refractivity contribution in [1.29, 1.82) is 0 Å². The SMILES string of the molecule is CN=C(NCc1sc(-c2ccccc2)nc1C)NCc1c(C)nn(C)c1C.I. The van der Waals surface area contributed by atoms with Gasteiger partial charge in [-0.2, -0.15) is 5.10 Å². The van der Waals surface area contributed by atoms with Gasteiger partial charge in [-0.3, -0.25) is 9.67 Å². The highest BCUT2D eigenvalue weighted by Gasteiger charge is 2.12. The summed E-state index contributed by atoms with van der Waals surface area (Å²) >= 11 is 1.72.